The SMILES string of the molecule is CCc1cc(CN(C)CCC(=O)Nc2cc(C)ccc2F)on1. The molecule has 0 aliphatic heterocycles. The van der Waals surface area contributed by atoms with Crippen molar-refractivity contribution in [3.8, 4) is 0 Å². The third-order valence-corrected chi connectivity index (χ3v) is 3.51. The first-order valence-electron chi connectivity index (χ1n) is 7.67. The standard InChI is InChI=1S/C17H22FN3O2/c1-4-13-10-14(23-20-13)11-21(3)8-7-17(22)19-16-9-12(2)5-6-15(16)18/h5-6,9-10H,4,7-8,11H2,1-3H3,(H,19,22). The summed E-state index contributed by atoms with van der Waals surface area (Å²) >= 11 is 0. The van der Waals surface area contributed by atoms with Crippen LogP contribution >= 0.6 is 0 Å². The molecule has 5 nitrogen and oxygen atoms in total. The summed E-state index contributed by atoms with van der Waals surface area (Å²) in [6.45, 7) is 4.99. The summed E-state index contributed by atoms with van der Waals surface area (Å²) in [5, 5.41) is 6.54. The Morgan fingerprint density at radius 2 is 2.17 bits per heavy atom. The summed E-state index contributed by atoms with van der Waals surface area (Å²) in [7, 11) is 1.90. The fraction of sp³-hybridized carbons (Fsp3) is 0.412. The molecule has 23 heavy (non-hydrogen) atoms. The van der Waals surface area contributed by atoms with E-state index in [4.69, 9.17) is 4.52 Å². The lowest BCUT2D eigenvalue weighted by Gasteiger charge is -2.14. The van der Waals surface area contributed by atoms with Gasteiger partial charge in [-0.3, -0.25) is 9.69 Å². The third kappa shape index (κ3) is 5.17. The molecule has 0 fully saturated rings. The highest BCUT2D eigenvalue weighted by molar-refractivity contribution is 5.91. The zero-order valence-electron chi connectivity index (χ0n) is 13.7. The number of carbonyl (C=O) groups is 1. The third-order valence-electron chi connectivity index (χ3n) is 3.51. The van der Waals surface area contributed by atoms with Crippen LogP contribution in [0.25, 0.3) is 0 Å². The van der Waals surface area contributed by atoms with Gasteiger partial charge in [0.2, 0.25) is 5.91 Å². The Labute approximate surface area is 135 Å². The summed E-state index contributed by atoms with van der Waals surface area (Å²) in [6, 6.07) is 6.56. The number of anilines is 1. The Morgan fingerprint density at radius 1 is 1.39 bits per heavy atom. The summed E-state index contributed by atoms with van der Waals surface area (Å²) in [6.07, 6.45) is 1.11. The predicted octanol–water partition coefficient (Wildman–Crippen LogP) is 3.15. The molecule has 0 atom stereocenters. The Kier molecular flexibility index (Phi) is 5.87. The normalized spacial score (nSPS) is 11.0. The van der Waals surface area contributed by atoms with Crippen LogP contribution in [0.5, 0.6) is 0 Å². The molecule has 1 aromatic heterocycles. The molecule has 1 aromatic carbocycles. The smallest absolute Gasteiger partial charge is 0.225 e. The highest BCUT2D eigenvalue weighted by Crippen LogP contribution is 2.16. The molecule has 0 saturated heterocycles. The molecule has 0 unspecified atom stereocenters. The van der Waals surface area contributed by atoms with Crippen LogP contribution in [0.15, 0.2) is 28.8 Å². The average molecular weight is 319 g/mol. The fourth-order valence-corrected chi connectivity index (χ4v) is 2.18. The number of nitrogens with zero attached hydrogens (tertiary/aromatic N) is 2. The van der Waals surface area contributed by atoms with Gasteiger partial charge in [0.05, 0.1) is 17.9 Å². The summed E-state index contributed by atoms with van der Waals surface area (Å²) in [5.41, 5.74) is 2.04. The Hall–Kier alpha value is -2.21. The number of amides is 1. The molecule has 0 spiro atoms. The molecule has 1 heterocycles. The van der Waals surface area contributed by atoms with Crippen molar-refractivity contribution < 1.29 is 13.7 Å². The number of halogens is 1. The molecule has 2 aromatic rings. The van der Waals surface area contributed by atoms with Gasteiger partial charge in [0.25, 0.3) is 0 Å². The van der Waals surface area contributed by atoms with E-state index >= 15 is 0 Å². The maximum absolute atomic E-state index is 13.6. The molecule has 1 amide bonds. The lowest BCUT2D eigenvalue weighted by molar-refractivity contribution is -0.116. The van der Waals surface area contributed by atoms with Crippen molar-refractivity contribution in [3.05, 3.63) is 47.1 Å². The minimum absolute atomic E-state index is 0.215. The molecule has 6 heteroatoms. The topological polar surface area (TPSA) is 58.4 Å². The second kappa shape index (κ2) is 7.87. The van der Waals surface area contributed by atoms with Gasteiger partial charge >= 0.3 is 0 Å². The maximum Gasteiger partial charge on any atom is 0.225 e. The minimum Gasteiger partial charge on any atom is -0.360 e. The maximum atomic E-state index is 13.6. The van der Waals surface area contributed by atoms with Gasteiger partial charge in [-0.25, -0.2) is 4.39 Å². The molecule has 0 aliphatic carbocycles. The van der Waals surface area contributed by atoms with E-state index in [9.17, 15) is 9.18 Å². The van der Waals surface area contributed by atoms with Crippen molar-refractivity contribution in [1.82, 2.24) is 10.1 Å². The van der Waals surface area contributed by atoms with Crippen molar-refractivity contribution in [3.63, 3.8) is 0 Å². The van der Waals surface area contributed by atoms with E-state index in [1.807, 2.05) is 31.9 Å². The van der Waals surface area contributed by atoms with Crippen LogP contribution in [-0.2, 0) is 17.8 Å². The van der Waals surface area contributed by atoms with E-state index < -0.39 is 5.82 Å². The van der Waals surface area contributed by atoms with Crippen LogP contribution < -0.4 is 5.32 Å². The number of benzene rings is 1. The molecule has 0 aliphatic rings. The van der Waals surface area contributed by atoms with E-state index in [1.165, 1.54) is 6.07 Å². The molecule has 2 rings (SSSR count). The van der Waals surface area contributed by atoms with Crippen molar-refractivity contribution >= 4 is 11.6 Å². The Morgan fingerprint density at radius 3 is 2.87 bits per heavy atom. The Balaban J connectivity index is 1.80. The van der Waals surface area contributed by atoms with Crippen LogP contribution in [0.1, 0.15) is 30.4 Å². The van der Waals surface area contributed by atoms with Crippen molar-refractivity contribution in [2.24, 2.45) is 0 Å². The van der Waals surface area contributed by atoms with Crippen molar-refractivity contribution in [2.75, 3.05) is 18.9 Å². The van der Waals surface area contributed by atoms with Gasteiger partial charge in [0.15, 0.2) is 5.76 Å². The van der Waals surface area contributed by atoms with Crippen molar-refractivity contribution in [2.45, 2.75) is 33.2 Å². The van der Waals surface area contributed by atoms with Gasteiger partial charge in [0.1, 0.15) is 5.82 Å². The predicted molar refractivity (Wildman–Crippen MR) is 86.6 cm³/mol. The van der Waals surface area contributed by atoms with Crippen LogP contribution in [0.2, 0.25) is 0 Å². The number of hydrogen-bond donors (Lipinski definition) is 1. The number of aromatic nitrogens is 1. The zero-order valence-corrected chi connectivity index (χ0v) is 13.7. The van der Waals surface area contributed by atoms with Crippen LogP contribution in [0.3, 0.4) is 0 Å². The first kappa shape index (κ1) is 17.1. The van der Waals surface area contributed by atoms with E-state index in [2.05, 4.69) is 10.5 Å². The fourth-order valence-electron chi connectivity index (χ4n) is 2.18. The average Bonchev–Trinajstić information content (AvgIpc) is 2.96. The van der Waals surface area contributed by atoms with Gasteiger partial charge < -0.3 is 9.84 Å². The molecule has 0 bridgehead atoms. The first-order chi connectivity index (χ1) is 11.0. The monoisotopic (exact) mass is 319 g/mol. The van der Waals surface area contributed by atoms with Gasteiger partial charge in [-0.1, -0.05) is 18.1 Å². The number of rotatable bonds is 7. The lowest BCUT2D eigenvalue weighted by Crippen LogP contribution is -2.24. The van der Waals surface area contributed by atoms with E-state index in [0.717, 1.165) is 23.4 Å². The zero-order chi connectivity index (χ0) is 16.8. The van der Waals surface area contributed by atoms with Crippen LogP contribution in [-0.4, -0.2) is 29.6 Å². The van der Waals surface area contributed by atoms with Crippen LogP contribution in [0.4, 0.5) is 10.1 Å². The van der Waals surface area contributed by atoms with Gasteiger partial charge in [-0.15, -0.1) is 0 Å². The van der Waals surface area contributed by atoms with Crippen molar-refractivity contribution in [1.29, 1.82) is 0 Å². The van der Waals surface area contributed by atoms with E-state index in [-0.39, 0.29) is 18.0 Å². The second-order valence-corrected chi connectivity index (χ2v) is 5.66. The molecular formula is C17H22FN3O2. The summed E-state index contributed by atoms with van der Waals surface area (Å²) < 4.78 is 18.8. The molecule has 124 valence electrons. The molecule has 1 N–H and O–H groups in total. The second-order valence-electron chi connectivity index (χ2n) is 5.66. The molecule has 0 saturated carbocycles. The molecule has 0 radical (unpaired) electrons. The number of nitrogens with one attached hydrogen (secondary N) is 1. The number of carbonyl (C=O) groups excluding carboxylic acids is 1. The van der Waals surface area contributed by atoms with Gasteiger partial charge in [0, 0.05) is 19.0 Å². The van der Waals surface area contributed by atoms with Gasteiger partial charge in [-0.05, 0) is 38.1 Å². The van der Waals surface area contributed by atoms with Gasteiger partial charge in [-0.2, -0.15) is 0 Å². The van der Waals surface area contributed by atoms with Crippen LogP contribution in [0, 0.1) is 12.7 Å². The summed E-state index contributed by atoms with van der Waals surface area (Å²) in [5.74, 6) is 0.133. The first-order valence-corrected chi connectivity index (χ1v) is 7.67. The largest absolute Gasteiger partial charge is 0.360 e. The minimum atomic E-state index is -0.425. The summed E-state index contributed by atoms with van der Waals surface area (Å²) in [4.78, 5) is 13.9. The van der Waals surface area contributed by atoms with E-state index in [0.29, 0.717) is 13.1 Å². The molecular weight excluding hydrogens is 297 g/mol. The highest BCUT2D eigenvalue weighted by Gasteiger charge is 2.10. The lowest BCUT2D eigenvalue weighted by atomic mass is 10.2. The number of hydrogen-bond acceptors (Lipinski definition) is 4. The quantitative estimate of drug-likeness (QED) is 0.852. The van der Waals surface area contributed by atoms with E-state index in [1.54, 1.807) is 12.1 Å². The Bertz CT molecular complexity index is 670. The number of aryl methyl sites for hydroxylation is 2. The highest BCUT2D eigenvalue weighted by atomic mass is 19.1.